The third-order valence-corrected chi connectivity index (χ3v) is 5.63. The highest BCUT2D eigenvalue weighted by Crippen LogP contribution is 2.48. The molecule has 1 aliphatic heterocycles. The molecule has 4 rings (SSSR count). The predicted octanol–water partition coefficient (Wildman–Crippen LogP) is 2.84. The van der Waals surface area contributed by atoms with E-state index in [1.165, 1.54) is 7.11 Å². The van der Waals surface area contributed by atoms with Crippen LogP contribution in [-0.2, 0) is 4.79 Å². The highest BCUT2D eigenvalue weighted by atomic mass is 16.5. The second kappa shape index (κ2) is 7.61. The summed E-state index contributed by atoms with van der Waals surface area (Å²) in [6.07, 6.45) is 2.63. The summed E-state index contributed by atoms with van der Waals surface area (Å²) in [5.74, 6) is 0.657. The first-order valence-corrected chi connectivity index (χ1v) is 10.1. The number of rotatable bonds is 5. The van der Waals surface area contributed by atoms with Crippen LogP contribution < -0.4 is 26.0 Å². The minimum Gasteiger partial charge on any atom is -0.493 e. The number of allylic oxidation sites excluding steroid dienone is 2. The summed E-state index contributed by atoms with van der Waals surface area (Å²) in [6.45, 7) is 8.01. The minimum atomic E-state index is -0.641. The SMILES string of the molecule is C=CCOc1ccc(C2C3=C(CC(C)(C)CC3=O)Nc3[nH]c(=O)[nH]c(=O)c32)cc1OC. The zero-order valence-electron chi connectivity index (χ0n) is 17.8. The molecule has 1 unspecified atom stereocenters. The van der Waals surface area contributed by atoms with Crippen LogP contribution in [0.4, 0.5) is 5.82 Å². The lowest BCUT2D eigenvalue weighted by Gasteiger charge is -2.38. The fraction of sp³-hybridized carbons (Fsp3) is 0.348. The third kappa shape index (κ3) is 3.69. The van der Waals surface area contributed by atoms with E-state index in [-0.39, 0.29) is 11.2 Å². The molecule has 0 amide bonds. The molecule has 0 bridgehead atoms. The van der Waals surface area contributed by atoms with Crippen molar-refractivity contribution in [2.45, 2.75) is 32.6 Å². The predicted molar refractivity (Wildman–Crippen MR) is 117 cm³/mol. The van der Waals surface area contributed by atoms with Crippen molar-refractivity contribution in [2.75, 3.05) is 19.0 Å². The molecule has 162 valence electrons. The fourth-order valence-electron chi connectivity index (χ4n) is 4.41. The molecule has 3 N–H and O–H groups in total. The Morgan fingerprint density at radius 3 is 2.65 bits per heavy atom. The number of fused-ring (bicyclic) bond motifs is 1. The van der Waals surface area contributed by atoms with Gasteiger partial charge in [-0.1, -0.05) is 32.6 Å². The number of carbonyl (C=O) groups is 1. The van der Waals surface area contributed by atoms with Crippen molar-refractivity contribution in [1.82, 2.24) is 9.97 Å². The van der Waals surface area contributed by atoms with E-state index in [0.29, 0.717) is 53.5 Å². The number of hydrogen-bond acceptors (Lipinski definition) is 6. The Balaban J connectivity index is 1.93. The zero-order chi connectivity index (χ0) is 22.3. The molecule has 2 heterocycles. The number of Topliss-reactive ketones (excluding diaryl/α,β-unsaturated/α-hetero) is 1. The van der Waals surface area contributed by atoms with Crippen LogP contribution >= 0.6 is 0 Å². The molecule has 0 radical (unpaired) electrons. The molecule has 8 heteroatoms. The van der Waals surface area contributed by atoms with E-state index in [1.54, 1.807) is 18.2 Å². The van der Waals surface area contributed by atoms with Crippen molar-refractivity contribution in [3.8, 4) is 11.5 Å². The Morgan fingerprint density at radius 1 is 1.16 bits per heavy atom. The molecule has 1 aliphatic carbocycles. The summed E-state index contributed by atoms with van der Waals surface area (Å²) in [6, 6.07) is 5.32. The number of aromatic nitrogens is 2. The first-order chi connectivity index (χ1) is 14.7. The molecule has 0 saturated heterocycles. The van der Waals surface area contributed by atoms with Crippen LogP contribution in [0.2, 0.25) is 0 Å². The fourth-order valence-corrected chi connectivity index (χ4v) is 4.41. The average Bonchev–Trinajstić information content (AvgIpc) is 2.69. The van der Waals surface area contributed by atoms with Gasteiger partial charge in [0.1, 0.15) is 12.4 Å². The Morgan fingerprint density at radius 2 is 1.94 bits per heavy atom. The van der Waals surface area contributed by atoms with Gasteiger partial charge in [-0.3, -0.25) is 19.6 Å². The molecular weight excluding hydrogens is 398 g/mol. The van der Waals surface area contributed by atoms with Crippen LogP contribution in [0.3, 0.4) is 0 Å². The maximum absolute atomic E-state index is 13.2. The molecule has 31 heavy (non-hydrogen) atoms. The number of H-pyrrole nitrogens is 2. The Hall–Kier alpha value is -3.55. The third-order valence-electron chi connectivity index (χ3n) is 5.63. The number of hydrogen-bond donors (Lipinski definition) is 3. The molecule has 1 atom stereocenters. The van der Waals surface area contributed by atoms with E-state index < -0.39 is 17.2 Å². The van der Waals surface area contributed by atoms with Crippen LogP contribution in [0.15, 0.2) is 51.7 Å². The van der Waals surface area contributed by atoms with Gasteiger partial charge >= 0.3 is 5.69 Å². The summed E-state index contributed by atoms with van der Waals surface area (Å²) in [5, 5.41) is 3.15. The highest BCUT2D eigenvalue weighted by molar-refractivity contribution is 6.01. The number of benzene rings is 1. The van der Waals surface area contributed by atoms with Gasteiger partial charge in [-0.25, -0.2) is 4.79 Å². The van der Waals surface area contributed by atoms with Crippen molar-refractivity contribution in [3.63, 3.8) is 0 Å². The summed E-state index contributed by atoms with van der Waals surface area (Å²) < 4.78 is 11.1. The van der Waals surface area contributed by atoms with Gasteiger partial charge in [0.15, 0.2) is 17.3 Å². The number of aromatic amines is 2. The van der Waals surface area contributed by atoms with Crippen molar-refractivity contribution in [2.24, 2.45) is 5.41 Å². The van der Waals surface area contributed by atoms with E-state index in [4.69, 9.17) is 9.47 Å². The van der Waals surface area contributed by atoms with Crippen molar-refractivity contribution in [1.29, 1.82) is 0 Å². The number of anilines is 1. The normalized spacial score (nSPS) is 19.2. The molecule has 0 spiro atoms. The largest absolute Gasteiger partial charge is 0.493 e. The van der Waals surface area contributed by atoms with Crippen LogP contribution in [-0.4, -0.2) is 29.5 Å². The first-order valence-electron chi connectivity index (χ1n) is 10.1. The monoisotopic (exact) mass is 423 g/mol. The molecule has 2 aliphatic rings. The molecule has 1 aromatic heterocycles. The van der Waals surface area contributed by atoms with Crippen LogP contribution in [0.5, 0.6) is 11.5 Å². The van der Waals surface area contributed by atoms with E-state index in [2.05, 4.69) is 21.9 Å². The lowest BCUT2D eigenvalue weighted by molar-refractivity contribution is -0.118. The lowest BCUT2D eigenvalue weighted by atomic mass is 9.69. The van der Waals surface area contributed by atoms with Gasteiger partial charge in [-0.05, 0) is 29.5 Å². The van der Waals surface area contributed by atoms with Crippen LogP contribution in [0.1, 0.15) is 43.7 Å². The van der Waals surface area contributed by atoms with Crippen LogP contribution in [0, 0.1) is 5.41 Å². The maximum Gasteiger partial charge on any atom is 0.327 e. The first kappa shape index (κ1) is 20.7. The summed E-state index contributed by atoms with van der Waals surface area (Å²) in [5.41, 5.74) is 0.901. The maximum atomic E-state index is 13.2. The Kier molecular flexibility index (Phi) is 5.08. The summed E-state index contributed by atoms with van der Waals surface area (Å²) in [4.78, 5) is 42.9. The van der Waals surface area contributed by atoms with Gasteiger partial charge in [-0.2, -0.15) is 0 Å². The van der Waals surface area contributed by atoms with Gasteiger partial charge in [0.05, 0.1) is 12.7 Å². The summed E-state index contributed by atoms with van der Waals surface area (Å²) in [7, 11) is 1.53. The second-order valence-electron chi connectivity index (χ2n) is 8.60. The average molecular weight is 423 g/mol. The molecule has 0 saturated carbocycles. The minimum absolute atomic E-state index is 0.0223. The van der Waals surface area contributed by atoms with Gasteiger partial charge in [0.2, 0.25) is 0 Å². The number of ether oxygens (including phenoxy) is 2. The van der Waals surface area contributed by atoms with Gasteiger partial charge in [0.25, 0.3) is 5.56 Å². The van der Waals surface area contributed by atoms with Crippen molar-refractivity contribution in [3.05, 3.63) is 74.1 Å². The smallest absolute Gasteiger partial charge is 0.327 e. The quantitative estimate of drug-likeness (QED) is 0.638. The standard InChI is InChI=1S/C23H25N3O5/c1-5-8-31-15-7-6-12(9-16(15)30-4)17-18-13(10-23(2,3)11-14(18)27)24-20-19(17)21(28)26-22(29)25-20/h5-7,9,17H,1,8,10-11H2,2-4H3,(H3,24,25,26,28,29). The van der Waals surface area contributed by atoms with Crippen LogP contribution in [0.25, 0.3) is 0 Å². The molecule has 2 aromatic rings. The van der Waals surface area contributed by atoms with Crippen molar-refractivity contribution < 1.29 is 14.3 Å². The van der Waals surface area contributed by atoms with E-state index in [0.717, 1.165) is 5.70 Å². The summed E-state index contributed by atoms with van der Waals surface area (Å²) >= 11 is 0. The number of carbonyl (C=O) groups excluding carboxylic acids is 1. The van der Waals surface area contributed by atoms with E-state index in [1.807, 2.05) is 19.9 Å². The molecule has 0 fully saturated rings. The van der Waals surface area contributed by atoms with Gasteiger partial charge in [-0.15, -0.1) is 0 Å². The molecule has 8 nitrogen and oxygen atoms in total. The number of methoxy groups -OCH3 is 1. The highest BCUT2D eigenvalue weighted by Gasteiger charge is 2.42. The second-order valence-corrected chi connectivity index (χ2v) is 8.60. The topological polar surface area (TPSA) is 113 Å². The number of ketones is 1. The van der Waals surface area contributed by atoms with E-state index >= 15 is 0 Å². The van der Waals surface area contributed by atoms with Gasteiger partial charge in [0, 0.05) is 23.6 Å². The number of nitrogens with one attached hydrogen (secondary N) is 3. The van der Waals surface area contributed by atoms with Crippen molar-refractivity contribution >= 4 is 11.6 Å². The Bertz CT molecular complexity index is 1220. The zero-order valence-corrected chi connectivity index (χ0v) is 17.8. The van der Waals surface area contributed by atoms with E-state index in [9.17, 15) is 14.4 Å². The molecular formula is C23H25N3O5. The Labute approximate surface area is 179 Å². The van der Waals surface area contributed by atoms with Gasteiger partial charge < -0.3 is 14.8 Å². The lowest BCUT2D eigenvalue weighted by Crippen LogP contribution is -2.38. The molecule has 1 aromatic carbocycles.